The number of amides is 1. The van der Waals surface area contributed by atoms with Crippen molar-refractivity contribution in [3.63, 3.8) is 0 Å². The summed E-state index contributed by atoms with van der Waals surface area (Å²) in [6.45, 7) is 2.44. The van der Waals surface area contributed by atoms with Gasteiger partial charge in [-0.15, -0.1) is 0 Å². The summed E-state index contributed by atoms with van der Waals surface area (Å²) < 4.78 is 4.27. The lowest BCUT2D eigenvalue weighted by atomic mass is 10.3. The van der Waals surface area contributed by atoms with Crippen molar-refractivity contribution in [3.8, 4) is 0 Å². The Morgan fingerprint density at radius 1 is 1.27 bits per heavy atom. The molecule has 0 aliphatic carbocycles. The van der Waals surface area contributed by atoms with E-state index in [1.165, 1.54) is 7.11 Å². The number of nitrogens with one attached hydrogen (secondary N) is 1. The first kappa shape index (κ1) is 13.4. The highest BCUT2D eigenvalue weighted by Gasteiger charge is 2.09. The fourth-order valence-electron chi connectivity index (χ4n) is 0.753. The Balaban J connectivity index is 3.94. The van der Waals surface area contributed by atoms with Gasteiger partial charge < -0.3 is 10.1 Å². The third kappa shape index (κ3) is 6.42. The molecule has 0 aromatic rings. The Morgan fingerprint density at radius 3 is 2.47 bits per heavy atom. The second-order valence-electron chi connectivity index (χ2n) is 2.83. The predicted molar refractivity (Wildman–Crippen MR) is 54.1 cm³/mol. The van der Waals surface area contributed by atoms with Crippen LogP contribution in [0, 0.1) is 0 Å². The number of ketones is 1. The van der Waals surface area contributed by atoms with E-state index in [2.05, 4.69) is 10.1 Å². The monoisotopic (exact) mass is 213 g/mol. The van der Waals surface area contributed by atoms with E-state index in [1.807, 2.05) is 6.92 Å². The lowest BCUT2D eigenvalue weighted by Gasteiger charge is -1.99. The van der Waals surface area contributed by atoms with Crippen LogP contribution in [0.15, 0.2) is 12.2 Å². The quantitative estimate of drug-likeness (QED) is 0.296. The minimum Gasteiger partial charge on any atom is -0.466 e. The number of unbranched alkanes of at least 4 members (excludes halogenated alkanes) is 1. The zero-order valence-electron chi connectivity index (χ0n) is 8.91. The lowest BCUT2D eigenvalue weighted by Crippen LogP contribution is -2.30. The van der Waals surface area contributed by atoms with Gasteiger partial charge in [0.05, 0.1) is 7.11 Å². The van der Waals surface area contributed by atoms with Gasteiger partial charge in [0, 0.05) is 12.6 Å². The number of hydrogen-bond donors (Lipinski definition) is 1. The van der Waals surface area contributed by atoms with Crippen LogP contribution in [0.5, 0.6) is 0 Å². The maximum Gasteiger partial charge on any atom is 0.330 e. The maximum atomic E-state index is 11.1. The molecule has 0 rings (SSSR count). The van der Waals surface area contributed by atoms with Crippen molar-refractivity contribution in [3.05, 3.63) is 12.2 Å². The zero-order valence-corrected chi connectivity index (χ0v) is 8.91. The minimum absolute atomic E-state index is 0.465. The molecular weight excluding hydrogens is 198 g/mol. The number of methoxy groups -OCH3 is 1. The molecule has 0 saturated heterocycles. The van der Waals surface area contributed by atoms with Crippen LogP contribution in [0.25, 0.3) is 0 Å². The molecule has 0 aromatic carbocycles. The largest absolute Gasteiger partial charge is 0.466 e. The van der Waals surface area contributed by atoms with Crippen LogP contribution < -0.4 is 5.32 Å². The Labute approximate surface area is 88.5 Å². The highest BCUT2D eigenvalue weighted by atomic mass is 16.5. The molecule has 0 bridgehead atoms. The standard InChI is InChI=1S/C10H15NO4/c1-3-4-7-11-10(14)8(12)5-6-9(13)15-2/h5-6H,3-4,7H2,1-2H3,(H,11,14)/b6-5+. The molecule has 0 spiro atoms. The summed E-state index contributed by atoms with van der Waals surface area (Å²) in [5.41, 5.74) is 0. The molecule has 0 aromatic heterocycles. The SMILES string of the molecule is CCCCNC(=O)C(=O)/C=C/C(=O)OC. The third-order valence-electron chi connectivity index (χ3n) is 1.61. The fraction of sp³-hybridized carbons (Fsp3) is 0.500. The molecule has 0 saturated carbocycles. The van der Waals surface area contributed by atoms with E-state index < -0.39 is 17.7 Å². The van der Waals surface area contributed by atoms with E-state index in [1.54, 1.807) is 0 Å². The van der Waals surface area contributed by atoms with Crippen LogP contribution in [0.2, 0.25) is 0 Å². The van der Waals surface area contributed by atoms with Gasteiger partial charge in [0.1, 0.15) is 0 Å². The third-order valence-corrected chi connectivity index (χ3v) is 1.61. The first-order valence-corrected chi connectivity index (χ1v) is 4.70. The van der Waals surface area contributed by atoms with Crippen molar-refractivity contribution >= 4 is 17.7 Å². The number of esters is 1. The Kier molecular flexibility index (Phi) is 6.88. The number of hydrogen-bond acceptors (Lipinski definition) is 4. The van der Waals surface area contributed by atoms with Gasteiger partial charge >= 0.3 is 5.97 Å². The van der Waals surface area contributed by atoms with Crippen LogP contribution in [0.1, 0.15) is 19.8 Å². The molecule has 5 nitrogen and oxygen atoms in total. The van der Waals surface area contributed by atoms with Gasteiger partial charge in [-0.1, -0.05) is 13.3 Å². The number of carbonyl (C=O) groups is 3. The zero-order chi connectivity index (χ0) is 11.7. The van der Waals surface area contributed by atoms with Crippen LogP contribution >= 0.6 is 0 Å². The van der Waals surface area contributed by atoms with Gasteiger partial charge in [-0.05, 0) is 12.5 Å². The van der Waals surface area contributed by atoms with Gasteiger partial charge in [-0.2, -0.15) is 0 Å². The Hall–Kier alpha value is -1.65. The Bertz CT molecular complexity index is 271. The molecule has 1 N–H and O–H groups in total. The minimum atomic E-state index is -0.753. The summed E-state index contributed by atoms with van der Waals surface area (Å²) in [5.74, 6) is -2.12. The smallest absolute Gasteiger partial charge is 0.330 e. The summed E-state index contributed by atoms with van der Waals surface area (Å²) in [7, 11) is 1.19. The van der Waals surface area contributed by atoms with E-state index in [-0.39, 0.29) is 0 Å². The molecule has 84 valence electrons. The molecule has 5 heteroatoms. The molecule has 0 heterocycles. The molecule has 0 radical (unpaired) electrons. The molecular formula is C10H15NO4. The van der Waals surface area contributed by atoms with E-state index in [0.717, 1.165) is 25.0 Å². The average molecular weight is 213 g/mol. The number of ether oxygens (including phenoxy) is 1. The van der Waals surface area contributed by atoms with Crippen molar-refractivity contribution in [1.29, 1.82) is 0 Å². The average Bonchev–Trinajstić information content (AvgIpc) is 2.25. The summed E-state index contributed by atoms with van der Waals surface area (Å²) in [6, 6.07) is 0. The highest BCUT2D eigenvalue weighted by Crippen LogP contribution is 1.85. The molecule has 0 fully saturated rings. The maximum absolute atomic E-state index is 11.1. The van der Waals surface area contributed by atoms with Gasteiger partial charge in [-0.3, -0.25) is 9.59 Å². The van der Waals surface area contributed by atoms with E-state index >= 15 is 0 Å². The highest BCUT2D eigenvalue weighted by molar-refractivity contribution is 6.41. The normalized spacial score (nSPS) is 10.0. The van der Waals surface area contributed by atoms with Crippen molar-refractivity contribution in [2.45, 2.75) is 19.8 Å². The summed E-state index contributed by atoms with van der Waals surface area (Å²) in [6.07, 6.45) is 3.57. The summed E-state index contributed by atoms with van der Waals surface area (Å²) in [4.78, 5) is 32.7. The van der Waals surface area contributed by atoms with Crippen LogP contribution in [-0.2, 0) is 19.1 Å². The lowest BCUT2D eigenvalue weighted by molar-refractivity contribution is -0.136. The van der Waals surface area contributed by atoms with Gasteiger partial charge in [0.15, 0.2) is 0 Å². The molecule has 0 aliphatic heterocycles. The van der Waals surface area contributed by atoms with Gasteiger partial charge in [0.2, 0.25) is 5.78 Å². The van der Waals surface area contributed by atoms with Crippen LogP contribution in [0.3, 0.4) is 0 Å². The van der Waals surface area contributed by atoms with Gasteiger partial charge in [-0.25, -0.2) is 4.79 Å². The fourth-order valence-corrected chi connectivity index (χ4v) is 0.753. The van der Waals surface area contributed by atoms with Crippen molar-refractivity contribution in [2.75, 3.05) is 13.7 Å². The molecule has 0 aliphatic rings. The van der Waals surface area contributed by atoms with Crippen molar-refractivity contribution in [1.82, 2.24) is 5.32 Å². The van der Waals surface area contributed by atoms with Gasteiger partial charge in [0.25, 0.3) is 5.91 Å². The summed E-state index contributed by atoms with van der Waals surface area (Å²) in [5, 5.41) is 2.43. The van der Waals surface area contributed by atoms with E-state index in [4.69, 9.17) is 0 Å². The van der Waals surface area contributed by atoms with Crippen molar-refractivity contribution < 1.29 is 19.1 Å². The Morgan fingerprint density at radius 2 is 1.93 bits per heavy atom. The summed E-state index contributed by atoms with van der Waals surface area (Å²) >= 11 is 0. The van der Waals surface area contributed by atoms with E-state index in [9.17, 15) is 14.4 Å². The first-order chi connectivity index (χ1) is 7.11. The molecule has 15 heavy (non-hydrogen) atoms. The molecule has 0 unspecified atom stereocenters. The van der Waals surface area contributed by atoms with Crippen LogP contribution in [-0.4, -0.2) is 31.3 Å². The number of rotatable bonds is 6. The topological polar surface area (TPSA) is 72.5 Å². The first-order valence-electron chi connectivity index (χ1n) is 4.70. The van der Waals surface area contributed by atoms with Crippen LogP contribution in [0.4, 0.5) is 0 Å². The number of carbonyl (C=O) groups excluding carboxylic acids is 3. The second kappa shape index (κ2) is 7.73. The van der Waals surface area contributed by atoms with E-state index in [0.29, 0.717) is 6.54 Å². The second-order valence-corrected chi connectivity index (χ2v) is 2.83. The van der Waals surface area contributed by atoms with Crippen molar-refractivity contribution in [2.24, 2.45) is 0 Å². The molecule has 1 amide bonds. The predicted octanol–water partition coefficient (Wildman–Crippen LogP) is 0.201. The molecule has 0 atom stereocenters.